The second-order valence-corrected chi connectivity index (χ2v) is 8.30. The van der Waals surface area contributed by atoms with Crippen LogP contribution in [-0.4, -0.2) is 16.1 Å². The Labute approximate surface area is 183 Å². The van der Waals surface area contributed by atoms with E-state index >= 15 is 0 Å². The van der Waals surface area contributed by atoms with E-state index in [0.29, 0.717) is 17.8 Å². The molecule has 1 aliphatic rings. The van der Waals surface area contributed by atoms with Crippen molar-refractivity contribution in [1.82, 2.24) is 14.9 Å². The Morgan fingerprint density at radius 3 is 2.69 bits per heavy atom. The van der Waals surface area contributed by atoms with Gasteiger partial charge in [-0.15, -0.1) is 0 Å². The predicted molar refractivity (Wildman–Crippen MR) is 120 cm³/mol. The third-order valence-corrected chi connectivity index (χ3v) is 5.81. The van der Waals surface area contributed by atoms with Crippen LogP contribution in [0.5, 0.6) is 11.5 Å². The van der Waals surface area contributed by atoms with Crippen molar-refractivity contribution in [2.45, 2.75) is 19.4 Å². The van der Waals surface area contributed by atoms with Crippen LogP contribution in [0.25, 0.3) is 22.0 Å². The maximum Gasteiger partial charge on any atom is 0.272 e. The number of hydrogen-bond donors (Lipinski definition) is 2. The van der Waals surface area contributed by atoms with Gasteiger partial charge in [0.1, 0.15) is 17.1 Å². The van der Waals surface area contributed by atoms with Crippen molar-refractivity contribution in [3.05, 3.63) is 82.4 Å². The van der Waals surface area contributed by atoms with Crippen LogP contribution in [0.15, 0.2) is 59.7 Å². The highest BCUT2D eigenvalue weighted by molar-refractivity contribution is 5.97. The molecule has 0 radical (unpaired) electrons. The fourth-order valence-corrected chi connectivity index (χ4v) is 3.99. The Balaban J connectivity index is 1.59. The number of rotatable bonds is 7. The van der Waals surface area contributed by atoms with Gasteiger partial charge in [-0.05, 0) is 61.2 Å². The molecule has 0 atom stereocenters. The first-order valence-electron chi connectivity index (χ1n) is 10.6. The zero-order chi connectivity index (χ0) is 22.2. The average molecular weight is 435 g/mol. The summed E-state index contributed by atoms with van der Waals surface area (Å²) in [5.41, 5.74) is 2.93. The number of halogens is 2. The normalized spacial score (nSPS) is 13.6. The molecule has 4 aromatic rings. The molecule has 0 amide bonds. The van der Waals surface area contributed by atoms with E-state index in [4.69, 9.17) is 4.74 Å². The minimum absolute atomic E-state index is 0.0645. The van der Waals surface area contributed by atoms with Gasteiger partial charge in [-0.1, -0.05) is 6.07 Å². The number of ether oxygens (including phenoxy) is 1. The highest BCUT2D eigenvalue weighted by atomic mass is 19.1. The lowest BCUT2D eigenvalue weighted by molar-refractivity contribution is 0.439. The standard InChI is InChI=1S/C25H23F2N3O2/c1-30-14-20(18-8-9-29-25(31)24(18)30)19-10-16(13-28-12-15-2-3-15)4-6-22(19)32-23-7-5-17(26)11-21(23)27/h4-11,14-15,28H,2-3,12-13H2,1H3,(H,29,31). The lowest BCUT2D eigenvalue weighted by Crippen LogP contribution is -2.16. The van der Waals surface area contributed by atoms with Crippen molar-refractivity contribution in [3.8, 4) is 22.6 Å². The number of aromatic amines is 1. The van der Waals surface area contributed by atoms with Gasteiger partial charge in [0.05, 0.1) is 0 Å². The minimum atomic E-state index is -0.777. The Kier molecular flexibility index (Phi) is 5.27. The highest BCUT2D eigenvalue weighted by Crippen LogP contribution is 2.39. The number of hydrogen-bond acceptors (Lipinski definition) is 3. The smallest absolute Gasteiger partial charge is 0.272 e. The third-order valence-electron chi connectivity index (χ3n) is 5.81. The Hall–Kier alpha value is -3.45. The van der Waals surface area contributed by atoms with E-state index in [1.54, 1.807) is 16.8 Å². The summed E-state index contributed by atoms with van der Waals surface area (Å²) in [4.78, 5) is 15.1. The van der Waals surface area contributed by atoms with Crippen LogP contribution in [0.3, 0.4) is 0 Å². The molecular formula is C25H23F2N3O2. The van der Waals surface area contributed by atoms with Gasteiger partial charge >= 0.3 is 0 Å². The monoisotopic (exact) mass is 435 g/mol. The van der Waals surface area contributed by atoms with Gasteiger partial charge in [0.2, 0.25) is 0 Å². The fourth-order valence-electron chi connectivity index (χ4n) is 3.99. The molecule has 2 aromatic heterocycles. The van der Waals surface area contributed by atoms with Crippen LogP contribution >= 0.6 is 0 Å². The maximum absolute atomic E-state index is 14.3. The maximum atomic E-state index is 14.3. The molecule has 32 heavy (non-hydrogen) atoms. The van der Waals surface area contributed by atoms with Crippen molar-refractivity contribution < 1.29 is 13.5 Å². The van der Waals surface area contributed by atoms with Crippen molar-refractivity contribution in [2.75, 3.05) is 6.54 Å². The number of nitrogens with zero attached hydrogens (tertiary/aromatic N) is 1. The van der Waals surface area contributed by atoms with Crippen molar-refractivity contribution in [3.63, 3.8) is 0 Å². The number of nitrogens with one attached hydrogen (secondary N) is 2. The summed E-state index contributed by atoms with van der Waals surface area (Å²) in [6.07, 6.45) is 6.03. The largest absolute Gasteiger partial charge is 0.454 e. The van der Waals surface area contributed by atoms with Crippen LogP contribution in [-0.2, 0) is 13.6 Å². The van der Waals surface area contributed by atoms with Crippen LogP contribution in [0.1, 0.15) is 18.4 Å². The summed E-state index contributed by atoms with van der Waals surface area (Å²) < 4.78 is 35.3. The molecule has 0 unspecified atom stereocenters. The second kappa shape index (κ2) is 8.24. The Morgan fingerprint density at radius 2 is 1.91 bits per heavy atom. The van der Waals surface area contributed by atoms with E-state index in [1.165, 1.54) is 18.9 Å². The van der Waals surface area contributed by atoms with Crippen LogP contribution < -0.4 is 15.6 Å². The minimum Gasteiger partial charge on any atom is -0.454 e. The van der Waals surface area contributed by atoms with Gasteiger partial charge < -0.3 is 19.6 Å². The summed E-state index contributed by atoms with van der Waals surface area (Å²) in [7, 11) is 1.81. The Morgan fingerprint density at radius 1 is 1.09 bits per heavy atom. The molecule has 0 saturated heterocycles. The van der Waals surface area contributed by atoms with Gasteiger partial charge in [-0.3, -0.25) is 4.79 Å². The number of benzene rings is 2. The molecule has 1 fully saturated rings. The summed E-state index contributed by atoms with van der Waals surface area (Å²) in [5.74, 6) is -0.316. The van der Waals surface area contributed by atoms with Crippen molar-refractivity contribution in [2.24, 2.45) is 13.0 Å². The number of pyridine rings is 1. The number of fused-ring (bicyclic) bond motifs is 1. The molecule has 2 aromatic carbocycles. The van der Waals surface area contributed by atoms with Gasteiger partial charge in [0.15, 0.2) is 11.6 Å². The molecule has 5 nitrogen and oxygen atoms in total. The summed E-state index contributed by atoms with van der Waals surface area (Å²) >= 11 is 0. The topological polar surface area (TPSA) is 59.1 Å². The highest BCUT2D eigenvalue weighted by Gasteiger charge is 2.21. The van der Waals surface area contributed by atoms with E-state index < -0.39 is 11.6 Å². The summed E-state index contributed by atoms with van der Waals surface area (Å²) in [5, 5.41) is 4.24. The first-order valence-corrected chi connectivity index (χ1v) is 10.6. The molecule has 5 rings (SSSR count). The first-order chi connectivity index (χ1) is 15.5. The lowest BCUT2D eigenvalue weighted by atomic mass is 10.0. The predicted octanol–water partition coefficient (Wildman–Crippen LogP) is 5.10. The van der Waals surface area contributed by atoms with E-state index in [2.05, 4.69) is 10.3 Å². The summed E-state index contributed by atoms with van der Waals surface area (Å²) in [6, 6.07) is 10.8. The fraction of sp³-hybridized carbons (Fsp3) is 0.240. The number of aromatic nitrogens is 2. The van der Waals surface area contributed by atoms with Crippen molar-refractivity contribution in [1.29, 1.82) is 0 Å². The number of aryl methyl sites for hydroxylation is 1. The van der Waals surface area contributed by atoms with Gasteiger partial charge in [0.25, 0.3) is 5.56 Å². The van der Waals surface area contributed by atoms with Crippen LogP contribution in [0.2, 0.25) is 0 Å². The molecule has 7 heteroatoms. The molecule has 2 heterocycles. The van der Waals surface area contributed by atoms with Crippen molar-refractivity contribution >= 4 is 10.9 Å². The quantitative estimate of drug-likeness (QED) is 0.424. The molecule has 1 saturated carbocycles. The van der Waals surface area contributed by atoms with Crippen LogP contribution in [0, 0.1) is 17.6 Å². The third kappa shape index (κ3) is 4.03. The van der Waals surface area contributed by atoms with Gasteiger partial charge in [-0.25, -0.2) is 8.78 Å². The zero-order valence-corrected chi connectivity index (χ0v) is 17.6. The van der Waals surface area contributed by atoms with Gasteiger partial charge in [0, 0.05) is 48.6 Å². The molecule has 0 spiro atoms. The molecule has 164 valence electrons. The molecule has 1 aliphatic carbocycles. The van der Waals surface area contributed by atoms with E-state index in [-0.39, 0.29) is 11.3 Å². The van der Waals surface area contributed by atoms with Crippen LogP contribution in [0.4, 0.5) is 8.78 Å². The Bertz CT molecular complexity index is 1360. The molecule has 0 bridgehead atoms. The lowest BCUT2D eigenvalue weighted by Gasteiger charge is -2.14. The molecule has 0 aliphatic heterocycles. The van der Waals surface area contributed by atoms with E-state index in [9.17, 15) is 13.6 Å². The SMILES string of the molecule is Cn1cc(-c2cc(CNCC3CC3)ccc2Oc2ccc(F)cc2F)c2cc[nH]c(=O)c21. The molecule has 2 N–H and O–H groups in total. The summed E-state index contributed by atoms with van der Waals surface area (Å²) in [6.45, 7) is 1.68. The molecular weight excluding hydrogens is 412 g/mol. The second-order valence-electron chi connectivity index (χ2n) is 8.30. The van der Waals surface area contributed by atoms with E-state index in [0.717, 1.165) is 46.7 Å². The van der Waals surface area contributed by atoms with Gasteiger partial charge in [-0.2, -0.15) is 0 Å². The average Bonchev–Trinajstić information content (AvgIpc) is 3.53. The number of H-pyrrole nitrogens is 1. The zero-order valence-electron chi connectivity index (χ0n) is 17.6. The van der Waals surface area contributed by atoms with E-state index in [1.807, 2.05) is 31.4 Å². The first kappa shape index (κ1) is 20.5.